The Balaban J connectivity index is 1.89. The summed E-state index contributed by atoms with van der Waals surface area (Å²) in [5.41, 5.74) is 2.02. The summed E-state index contributed by atoms with van der Waals surface area (Å²) in [5, 5.41) is 11.1. The zero-order valence-electron chi connectivity index (χ0n) is 17.8. The Morgan fingerprint density at radius 1 is 0.875 bits per heavy atom. The number of nitrogens with zero attached hydrogens (tertiary/aromatic N) is 1. The number of Topliss-reactive ketones (excluding diaryl/α,β-unsaturated/α-hetero) is 1. The lowest BCUT2D eigenvalue weighted by Gasteiger charge is -2.26. The number of carbonyl (C=O) groups is 2. The molecule has 0 aliphatic carbocycles. The van der Waals surface area contributed by atoms with E-state index in [-0.39, 0.29) is 17.9 Å². The summed E-state index contributed by atoms with van der Waals surface area (Å²) >= 11 is 0. The standard InChI is InChI=1S/C26H23NO5/c1-31-20-14-13-19(15-21(20)32-2)23-22(24(28)18-11-7-4-8-12-18)25(29)26(30)27(23)16-17-9-5-3-6-10-17/h3-15,23,28H,16H2,1-2H3/t23-/m1/s1. The van der Waals surface area contributed by atoms with Gasteiger partial charge in [-0.25, -0.2) is 0 Å². The molecule has 3 aromatic rings. The van der Waals surface area contributed by atoms with E-state index in [0.29, 0.717) is 22.6 Å². The van der Waals surface area contributed by atoms with Crippen LogP contribution in [0.5, 0.6) is 11.5 Å². The third kappa shape index (κ3) is 3.83. The number of hydrogen-bond donors (Lipinski definition) is 1. The van der Waals surface area contributed by atoms with Crippen molar-refractivity contribution in [1.82, 2.24) is 4.90 Å². The minimum absolute atomic E-state index is 0.0457. The van der Waals surface area contributed by atoms with E-state index in [9.17, 15) is 14.7 Å². The largest absolute Gasteiger partial charge is 0.507 e. The second-order valence-corrected chi connectivity index (χ2v) is 7.39. The highest BCUT2D eigenvalue weighted by atomic mass is 16.5. The lowest BCUT2D eigenvalue weighted by atomic mass is 9.95. The number of aliphatic hydroxyl groups is 1. The first-order valence-electron chi connectivity index (χ1n) is 10.1. The highest BCUT2D eigenvalue weighted by Crippen LogP contribution is 2.42. The molecular formula is C26H23NO5. The van der Waals surface area contributed by atoms with Crippen molar-refractivity contribution in [3.63, 3.8) is 0 Å². The van der Waals surface area contributed by atoms with Gasteiger partial charge in [-0.2, -0.15) is 0 Å². The monoisotopic (exact) mass is 429 g/mol. The fourth-order valence-corrected chi connectivity index (χ4v) is 3.94. The zero-order chi connectivity index (χ0) is 22.7. The smallest absolute Gasteiger partial charge is 0.295 e. The molecule has 1 fully saturated rings. The number of carbonyl (C=O) groups excluding carboxylic acids is 2. The Morgan fingerprint density at radius 2 is 1.50 bits per heavy atom. The fourth-order valence-electron chi connectivity index (χ4n) is 3.94. The predicted molar refractivity (Wildman–Crippen MR) is 120 cm³/mol. The molecule has 0 radical (unpaired) electrons. The van der Waals surface area contributed by atoms with Gasteiger partial charge in [0.1, 0.15) is 5.76 Å². The van der Waals surface area contributed by atoms with Crippen LogP contribution in [0, 0.1) is 0 Å². The highest BCUT2D eigenvalue weighted by molar-refractivity contribution is 6.46. The van der Waals surface area contributed by atoms with Gasteiger partial charge in [0.25, 0.3) is 11.7 Å². The Morgan fingerprint density at radius 3 is 2.12 bits per heavy atom. The van der Waals surface area contributed by atoms with Crippen LogP contribution in [0.1, 0.15) is 22.7 Å². The van der Waals surface area contributed by atoms with Crippen LogP contribution in [0.15, 0.2) is 84.4 Å². The maximum Gasteiger partial charge on any atom is 0.295 e. The number of methoxy groups -OCH3 is 2. The Bertz CT molecular complexity index is 1170. The van der Waals surface area contributed by atoms with Crippen molar-refractivity contribution >= 4 is 17.4 Å². The average molecular weight is 429 g/mol. The zero-order valence-corrected chi connectivity index (χ0v) is 17.8. The summed E-state index contributed by atoms with van der Waals surface area (Å²) in [6.45, 7) is 0.218. The number of likely N-dealkylation sites (tertiary alicyclic amines) is 1. The summed E-state index contributed by atoms with van der Waals surface area (Å²) < 4.78 is 10.8. The van der Waals surface area contributed by atoms with E-state index in [1.807, 2.05) is 36.4 Å². The van der Waals surface area contributed by atoms with Gasteiger partial charge in [0.05, 0.1) is 25.8 Å². The van der Waals surface area contributed by atoms with Crippen LogP contribution < -0.4 is 9.47 Å². The van der Waals surface area contributed by atoms with Crippen LogP contribution in [0.4, 0.5) is 0 Å². The summed E-state index contributed by atoms with van der Waals surface area (Å²) in [4.78, 5) is 27.7. The van der Waals surface area contributed by atoms with Crippen molar-refractivity contribution in [3.05, 3.63) is 101 Å². The van der Waals surface area contributed by atoms with E-state index < -0.39 is 17.7 Å². The minimum Gasteiger partial charge on any atom is -0.507 e. The number of ether oxygens (including phenoxy) is 2. The summed E-state index contributed by atoms with van der Waals surface area (Å²) in [6.07, 6.45) is 0. The number of aliphatic hydroxyl groups excluding tert-OH is 1. The Hall–Kier alpha value is -4.06. The van der Waals surface area contributed by atoms with Crippen LogP contribution >= 0.6 is 0 Å². The SMILES string of the molecule is COc1ccc([C@@H]2C(=C(O)c3ccccc3)C(=O)C(=O)N2Cc2ccccc2)cc1OC. The van der Waals surface area contributed by atoms with Crippen molar-refractivity contribution in [2.75, 3.05) is 14.2 Å². The quantitative estimate of drug-likeness (QED) is 0.359. The molecule has 0 spiro atoms. The molecule has 1 atom stereocenters. The normalized spacial score (nSPS) is 17.4. The second-order valence-electron chi connectivity index (χ2n) is 7.39. The first-order chi connectivity index (χ1) is 15.5. The molecule has 3 aromatic carbocycles. The second kappa shape index (κ2) is 8.98. The fraction of sp³-hybridized carbons (Fsp3) is 0.154. The first-order valence-corrected chi connectivity index (χ1v) is 10.1. The number of ketones is 1. The summed E-state index contributed by atoms with van der Waals surface area (Å²) in [7, 11) is 3.06. The molecule has 1 aliphatic heterocycles. The number of rotatable bonds is 6. The topological polar surface area (TPSA) is 76.1 Å². The number of benzene rings is 3. The van der Waals surface area contributed by atoms with Crippen molar-refractivity contribution in [1.29, 1.82) is 0 Å². The maximum absolute atomic E-state index is 13.1. The van der Waals surface area contributed by atoms with Gasteiger partial charge in [-0.15, -0.1) is 0 Å². The average Bonchev–Trinajstić information content (AvgIpc) is 3.09. The molecule has 1 aliphatic rings. The molecule has 6 heteroatoms. The minimum atomic E-state index is -0.782. The molecule has 1 N–H and O–H groups in total. The van der Waals surface area contributed by atoms with E-state index >= 15 is 0 Å². The van der Waals surface area contributed by atoms with Gasteiger partial charge in [0.15, 0.2) is 11.5 Å². The van der Waals surface area contributed by atoms with Crippen LogP contribution in [0.25, 0.3) is 5.76 Å². The molecule has 1 saturated heterocycles. The van der Waals surface area contributed by atoms with Gasteiger partial charge >= 0.3 is 0 Å². The summed E-state index contributed by atoms with van der Waals surface area (Å²) in [6, 6.07) is 22.6. The molecule has 0 aromatic heterocycles. The van der Waals surface area contributed by atoms with Gasteiger partial charge in [-0.3, -0.25) is 9.59 Å². The van der Waals surface area contributed by atoms with Gasteiger partial charge in [0.2, 0.25) is 0 Å². The van der Waals surface area contributed by atoms with Crippen molar-refractivity contribution in [2.24, 2.45) is 0 Å². The van der Waals surface area contributed by atoms with Crippen LogP contribution in [-0.4, -0.2) is 35.9 Å². The maximum atomic E-state index is 13.1. The first kappa shape index (κ1) is 21.2. The molecule has 1 amide bonds. The van der Waals surface area contributed by atoms with Crippen LogP contribution in [-0.2, 0) is 16.1 Å². The molecule has 1 heterocycles. The van der Waals surface area contributed by atoms with Crippen molar-refractivity contribution < 1.29 is 24.2 Å². The third-order valence-electron chi connectivity index (χ3n) is 5.51. The lowest BCUT2D eigenvalue weighted by Crippen LogP contribution is -2.29. The van der Waals surface area contributed by atoms with Crippen molar-refractivity contribution in [3.8, 4) is 11.5 Å². The van der Waals surface area contributed by atoms with E-state index in [0.717, 1.165) is 5.56 Å². The van der Waals surface area contributed by atoms with Gasteiger partial charge in [0, 0.05) is 12.1 Å². The highest BCUT2D eigenvalue weighted by Gasteiger charge is 2.46. The molecule has 0 saturated carbocycles. The molecule has 162 valence electrons. The lowest BCUT2D eigenvalue weighted by molar-refractivity contribution is -0.140. The van der Waals surface area contributed by atoms with Gasteiger partial charge in [-0.1, -0.05) is 66.7 Å². The predicted octanol–water partition coefficient (Wildman–Crippen LogP) is 4.33. The molecule has 0 unspecified atom stereocenters. The number of amides is 1. The van der Waals surface area contributed by atoms with Crippen LogP contribution in [0.3, 0.4) is 0 Å². The molecule has 32 heavy (non-hydrogen) atoms. The molecule has 4 rings (SSSR count). The Labute approximate surface area is 186 Å². The summed E-state index contributed by atoms with van der Waals surface area (Å²) in [5.74, 6) is -0.596. The molecule has 6 nitrogen and oxygen atoms in total. The van der Waals surface area contributed by atoms with E-state index in [1.165, 1.54) is 19.1 Å². The van der Waals surface area contributed by atoms with E-state index in [4.69, 9.17) is 9.47 Å². The van der Waals surface area contributed by atoms with Gasteiger partial charge in [-0.05, 0) is 23.3 Å². The third-order valence-corrected chi connectivity index (χ3v) is 5.51. The molecule has 0 bridgehead atoms. The van der Waals surface area contributed by atoms with Gasteiger partial charge < -0.3 is 19.5 Å². The molecular weight excluding hydrogens is 406 g/mol. The van der Waals surface area contributed by atoms with Crippen LogP contribution in [0.2, 0.25) is 0 Å². The van der Waals surface area contributed by atoms with E-state index in [1.54, 1.807) is 42.5 Å². The van der Waals surface area contributed by atoms with Crippen molar-refractivity contribution in [2.45, 2.75) is 12.6 Å². The Kier molecular flexibility index (Phi) is 5.94. The number of hydrogen-bond acceptors (Lipinski definition) is 5. The van der Waals surface area contributed by atoms with E-state index in [2.05, 4.69) is 0 Å².